The first-order chi connectivity index (χ1) is 13.2. The molecule has 148 valence electrons. The van der Waals surface area contributed by atoms with Gasteiger partial charge in [0, 0.05) is 22.3 Å². The standard InChI is InChI=1S/C20H20BrFN2O4/c1-12-9-16(10-13(2)20(12)21)24-18(26)11-28-19(27)8-7-17(25)23-15-5-3-14(22)4-6-15/h3-6,9-10H,7-8,11H2,1-2H3,(H,23,25)(H,24,26). The number of ether oxygens (including phenoxy) is 1. The smallest absolute Gasteiger partial charge is 0.306 e. The molecule has 0 unspecified atom stereocenters. The minimum Gasteiger partial charge on any atom is -0.456 e. The summed E-state index contributed by atoms with van der Waals surface area (Å²) in [6.07, 6.45) is -0.278. The molecule has 0 aromatic heterocycles. The van der Waals surface area contributed by atoms with Crippen molar-refractivity contribution in [3.8, 4) is 0 Å². The molecule has 6 nitrogen and oxygen atoms in total. The Morgan fingerprint density at radius 1 is 0.929 bits per heavy atom. The Bertz CT molecular complexity index is 861. The van der Waals surface area contributed by atoms with Gasteiger partial charge in [0.15, 0.2) is 6.61 Å². The zero-order chi connectivity index (χ0) is 20.7. The van der Waals surface area contributed by atoms with E-state index in [0.717, 1.165) is 15.6 Å². The maximum atomic E-state index is 12.8. The fourth-order valence-corrected chi connectivity index (χ4v) is 2.63. The van der Waals surface area contributed by atoms with Crippen LogP contribution in [0.4, 0.5) is 15.8 Å². The summed E-state index contributed by atoms with van der Waals surface area (Å²) < 4.78 is 18.7. The Kier molecular flexibility index (Phi) is 7.69. The summed E-state index contributed by atoms with van der Waals surface area (Å²) in [6, 6.07) is 8.88. The molecule has 0 fully saturated rings. The summed E-state index contributed by atoms with van der Waals surface area (Å²) in [5.74, 6) is -1.94. The van der Waals surface area contributed by atoms with E-state index in [0.29, 0.717) is 11.4 Å². The van der Waals surface area contributed by atoms with Gasteiger partial charge in [0.05, 0.1) is 6.42 Å². The van der Waals surface area contributed by atoms with Gasteiger partial charge in [-0.15, -0.1) is 0 Å². The number of carbonyl (C=O) groups is 3. The molecule has 0 aliphatic rings. The van der Waals surface area contributed by atoms with Crippen molar-refractivity contribution in [2.75, 3.05) is 17.2 Å². The van der Waals surface area contributed by atoms with Crippen LogP contribution in [-0.2, 0) is 19.1 Å². The van der Waals surface area contributed by atoms with Crippen molar-refractivity contribution in [1.82, 2.24) is 0 Å². The van der Waals surface area contributed by atoms with Gasteiger partial charge >= 0.3 is 5.97 Å². The van der Waals surface area contributed by atoms with Crippen molar-refractivity contribution >= 4 is 45.1 Å². The maximum Gasteiger partial charge on any atom is 0.306 e. The number of rotatable bonds is 7. The lowest BCUT2D eigenvalue weighted by Crippen LogP contribution is -2.22. The Morgan fingerprint density at radius 3 is 2.11 bits per heavy atom. The lowest BCUT2D eigenvalue weighted by molar-refractivity contribution is -0.147. The van der Waals surface area contributed by atoms with Gasteiger partial charge in [-0.2, -0.15) is 0 Å². The molecule has 0 saturated heterocycles. The van der Waals surface area contributed by atoms with Gasteiger partial charge < -0.3 is 15.4 Å². The van der Waals surface area contributed by atoms with Gasteiger partial charge in [-0.05, 0) is 61.4 Å². The maximum absolute atomic E-state index is 12.8. The van der Waals surface area contributed by atoms with E-state index in [4.69, 9.17) is 4.74 Å². The number of halogens is 2. The third kappa shape index (κ3) is 6.77. The average Bonchev–Trinajstić information content (AvgIpc) is 2.64. The first-order valence-corrected chi connectivity index (χ1v) is 9.31. The van der Waals surface area contributed by atoms with Crippen LogP contribution in [0, 0.1) is 19.7 Å². The fraction of sp³-hybridized carbons (Fsp3) is 0.250. The van der Waals surface area contributed by atoms with Gasteiger partial charge in [-0.1, -0.05) is 15.9 Å². The van der Waals surface area contributed by atoms with Crippen LogP contribution in [0.5, 0.6) is 0 Å². The molecule has 0 heterocycles. The van der Waals surface area contributed by atoms with E-state index in [2.05, 4.69) is 26.6 Å². The number of nitrogens with one attached hydrogen (secondary N) is 2. The van der Waals surface area contributed by atoms with E-state index in [1.165, 1.54) is 24.3 Å². The highest BCUT2D eigenvalue weighted by molar-refractivity contribution is 9.10. The van der Waals surface area contributed by atoms with Crippen molar-refractivity contribution in [3.63, 3.8) is 0 Å². The van der Waals surface area contributed by atoms with E-state index >= 15 is 0 Å². The normalized spacial score (nSPS) is 10.3. The average molecular weight is 451 g/mol. The highest BCUT2D eigenvalue weighted by atomic mass is 79.9. The third-order valence-corrected chi connectivity index (χ3v) is 5.02. The number of hydrogen-bond acceptors (Lipinski definition) is 4. The van der Waals surface area contributed by atoms with Crippen LogP contribution in [0.2, 0.25) is 0 Å². The highest BCUT2D eigenvalue weighted by Crippen LogP contribution is 2.24. The lowest BCUT2D eigenvalue weighted by atomic mass is 10.1. The predicted octanol–water partition coefficient (Wildman–Crippen LogP) is 4.11. The van der Waals surface area contributed by atoms with Gasteiger partial charge in [0.2, 0.25) is 5.91 Å². The second-order valence-electron chi connectivity index (χ2n) is 6.19. The number of esters is 1. The molecule has 0 spiro atoms. The van der Waals surface area contributed by atoms with Crippen molar-refractivity contribution < 1.29 is 23.5 Å². The third-order valence-electron chi connectivity index (χ3n) is 3.77. The first-order valence-electron chi connectivity index (χ1n) is 8.52. The molecule has 0 aliphatic heterocycles. The largest absolute Gasteiger partial charge is 0.456 e. The Balaban J connectivity index is 1.72. The Hall–Kier alpha value is -2.74. The summed E-state index contributed by atoms with van der Waals surface area (Å²) in [4.78, 5) is 35.4. The molecule has 0 atom stereocenters. The molecule has 2 aromatic rings. The quantitative estimate of drug-likeness (QED) is 0.621. The molecular weight excluding hydrogens is 431 g/mol. The molecule has 0 bridgehead atoms. The first kappa shape index (κ1) is 21.6. The zero-order valence-electron chi connectivity index (χ0n) is 15.5. The number of hydrogen-bond donors (Lipinski definition) is 2. The van der Waals surface area contributed by atoms with Crippen molar-refractivity contribution in [2.45, 2.75) is 26.7 Å². The summed E-state index contributed by atoms with van der Waals surface area (Å²) in [5.41, 5.74) is 2.98. The van der Waals surface area contributed by atoms with Crippen LogP contribution in [0.1, 0.15) is 24.0 Å². The van der Waals surface area contributed by atoms with Crippen molar-refractivity contribution in [2.24, 2.45) is 0 Å². The second kappa shape index (κ2) is 9.98. The van der Waals surface area contributed by atoms with Crippen molar-refractivity contribution in [3.05, 3.63) is 57.8 Å². The summed E-state index contributed by atoms with van der Waals surface area (Å²) in [5, 5.41) is 5.20. The van der Waals surface area contributed by atoms with Crippen LogP contribution in [0.15, 0.2) is 40.9 Å². The minimum atomic E-state index is -0.660. The van der Waals surface area contributed by atoms with Crippen LogP contribution in [-0.4, -0.2) is 24.4 Å². The summed E-state index contributed by atoms with van der Waals surface area (Å²) in [7, 11) is 0. The Morgan fingerprint density at radius 2 is 1.50 bits per heavy atom. The zero-order valence-corrected chi connectivity index (χ0v) is 17.1. The number of carbonyl (C=O) groups excluding carboxylic acids is 3. The summed E-state index contributed by atoms with van der Waals surface area (Å²) in [6.45, 7) is 3.38. The van der Waals surface area contributed by atoms with Gasteiger partial charge in [0.25, 0.3) is 5.91 Å². The molecule has 28 heavy (non-hydrogen) atoms. The van der Waals surface area contributed by atoms with Crippen LogP contribution in [0.3, 0.4) is 0 Å². The van der Waals surface area contributed by atoms with Crippen molar-refractivity contribution in [1.29, 1.82) is 0 Å². The number of benzene rings is 2. The second-order valence-corrected chi connectivity index (χ2v) is 6.98. The number of aryl methyl sites for hydroxylation is 2. The number of amides is 2. The molecule has 8 heteroatoms. The SMILES string of the molecule is Cc1cc(NC(=O)COC(=O)CCC(=O)Nc2ccc(F)cc2)cc(C)c1Br. The van der Waals surface area contributed by atoms with Gasteiger partial charge in [-0.25, -0.2) is 4.39 Å². The fourth-order valence-electron chi connectivity index (χ4n) is 2.41. The molecule has 2 amide bonds. The van der Waals surface area contributed by atoms with E-state index < -0.39 is 30.2 Å². The molecule has 0 radical (unpaired) electrons. The minimum absolute atomic E-state index is 0.108. The molecule has 0 saturated carbocycles. The van der Waals surface area contributed by atoms with Crippen LogP contribution in [0.25, 0.3) is 0 Å². The van der Waals surface area contributed by atoms with E-state index in [9.17, 15) is 18.8 Å². The Labute approximate surface area is 170 Å². The molecular formula is C20H20BrFN2O4. The molecule has 0 aliphatic carbocycles. The highest BCUT2D eigenvalue weighted by Gasteiger charge is 2.12. The van der Waals surface area contributed by atoms with E-state index in [1.807, 2.05) is 13.8 Å². The topological polar surface area (TPSA) is 84.5 Å². The monoisotopic (exact) mass is 450 g/mol. The predicted molar refractivity (Wildman–Crippen MR) is 107 cm³/mol. The van der Waals surface area contributed by atoms with E-state index in [1.54, 1.807) is 12.1 Å². The summed E-state index contributed by atoms with van der Waals surface area (Å²) >= 11 is 3.45. The molecule has 2 aromatic carbocycles. The lowest BCUT2D eigenvalue weighted by Gasteiger charge is -2.10. The van der Waals surface area contributed by atoms with E-state index in [-0.39, 0.29) is 12.8 Å². The number of anilines is 2. The van der Waals surface area contributed by atoms with Crippen LogP contribution < -0.4 is 10.6 Å². The molecule has 2 rings (SSSR count). The van der Waals surface area contributed by atoms with Gasteiger partial charge in [-0.3, -0.25) is 14.4 Å². The molecule has 2 N–H and O–H groups in total. The van der Waals surface area contributed by atoms with Crippen LogP contribution >= 0.6 is 15.9 Å². The van der Waals surface area contributed by atoms with Gasteiger partial charge in [0.1, 0.15) is 5.82 Å².